The summed E-state index contributed by atoms with van der Waals surface area (Å²) >= 11 is 2.76. The summed E-state index contributed by atoms with van der Waals surface area (Å²) in [6.07, 6.45) is -9.33. The van der Waals surface area contributed by atoms with Gasteiger partial charge >= 0.3 is 12.4 Å². The van der Waals surface area contributed by atoms with Gasteiger partial charge in [0.2, 0.25) is 0 Å². The monoisotopic (exact) mass is 381 g/mol. The lowest BCUT2D eigenvalue weighted by Gasteiger charge is -2.18. The molecule has 11 heteroatoms. The van der Waals surface area contributed by atoms with Crippen LogP contribution in [0.25, 0.3) is 0 Å². The first-order valence-corrected chi connectivity index (χ1v) is 6.34. The van der Waals surface area contributed by atoms with E-state index >= 15 is 0 Å². The molecule has 0 radical (unpaired) electrons. The first kappa shape index (κ1) is 17.8. The fourth-order valence-electron chi connectivity index (χ4n) is 1.51. The lowest BCUT2D eigenvalue weighted by Crippen LogP contribution is -2.32. The molecule has 0 aromatic carbocycles. The standard InChI is InChI=1S/C10H10BrF6N3O/c1-5(2-9(12,13)14)19-6-3-18-20(4-10(15,16)17)8(21)7(6)11/h3,5,19H,2,4H2,1H3. The molecule has 0 spiro atoms. The van der Waals surface area contributed by atoms with Crippen LogP contribution < -0.4 is 10.9 Å². The fourth-order valence-corrected chi connectivity index (χ4v) is 1.93. The lowest BCUT2D eigenvalue weighted by molar-refractivity contribution is -0.143. The van der Waals surface area contributed by atoms with Gasteiger partial charge in [-0.15, -0.1) is 0 Å². The summed E-state index contributed by atoms with van der Waals surface area (Å²) in [6.45, 7) is -0.357. The first-order valence-electron chi connectivity index (χ1n) is 5.55. The molecule has 120 valence electrons. The van der Waals surface area contributed by atoms with Crippen LogP contribution in [0.5, 0.6) is 0 Å². The highest BCUT2D eigenvalue weighted by Gasteiger charge is 2.31. The average Bonchev–Trinajstić information content (AvgIpc) is 2.25. The Morgan fingerprint density at radius 1 is 1.29 bits per heavy atom. The molecule has 0 aliphatic heterocycles. The number of nitrogens with zero attached hydrogens (tertiary/aromatic N) is 2. The summed E-state index contributed by atoms with van der Waals surface area (Å²) in [6, 6.07) is -1.07. The molecule has 1 aromatic heterocycles. The van der Waals surface area contributed by atoms with Crippen LogP contribution in [-0.4, -0.2) is 28.2 Å². The summed E-state index contributed by atoms with van der Waals surface area (Å²) in [5.41, 5.74) is -1.19. The molecule has 0 aliphatic rings. The molecule has 1 aromatic rings. The summed E-state index contributed by atoms with van der Waals surface area (Å²) in [4.78, 5) is 11.6. The van der Waals surface area contributed by atoms with Crippen molar-refractivity contribution in [2.75, 3.05) is 5.32 Å². The zero-order chi connectivity index (χ0) is 16.4. The Balaban J connectivity index is 2.92. The Hall–Kier alpha value is -1.26. The van der Waals surface area contributed by atoms with E-state index in [1.807, 2.05) is 0 Å². The van der Waals surface area contributed by atoms with Gasteiger partial charge in [-0.25, -0.2) is 4.68 Å². The summed E-state index contributed by atoms with van der Waals surface area (Å²) in [7, 11) is 0. The van der Waals surface area contributed by atoms with Crippen molar-refractivity contribution in [2.24, 2.45) is 0 Å². The van der Waals surface area contributed by atoms with Gasteiger partial charge in [0.1, 0.15) is 11.0 Å². The molecule has 0 bridgehead atoms. The number of halogens is 7. The normalized spacial score (nSPS) is 14.1. The summed E-state index contributed by atoms with van der Waals surface area (Å²) < 4.78 is 73.0. The van der Waals surface area contributed by atoms with Crippen LogP contribution in [0.15, 0.2) is 15.5 Å². The van der Waals surface area contributed by atoms with Crippen molar-refractivity contribution < 1.29 is 26.3 Å². The van der Waals surface area contributed by atoms with Crippen LogP contribution >= 0.6 is 15.9 Å². The zero-order valence-corrected chi connectivity index (χ0v) is 12.1. The predicted octanol–water partition coefficient (Wildman–Crippen LogP) is 3.32. The van der Waals surface area contributed by atoms with E-state index in [4.69, 9.17) is 0 Å². The molecule has 1 N–H and O–H groups in total. The summed E-state index contributed by atoms with van der Waals surface area (Å²) in [5.74, 6) is 0. The van der Waals surface area contributed by atoms with Gasteiger partial charge < -0.3 is 5.32 Å². The van der Waals surface area contributed by atoms with E-state index in [9.17, 15) is 31.1 Å². The minimum absolute atomic E-state index is 0.102. The second kappa shape index (κ2) is 6.24. The van der Waals surface area contributed by atoms with Gasteiger partial charge in [-0.3, -0.25) is 4.79 Å². The van der Waals surface area contributed by atoms with E-state index in [1.165, 1.54) is 6.92 Å². The molecule has 0 saturated heterocycles. The Labute approximate surface area is 123 Å². The Morgan fingerprint density at radius 3 is 2.33 bits per heavy atom. The molecule has 1 unspecified atom stereocenters. The van der Waals surface area contributed by atoms with Crippen molar-refractivity contribution in [1.82, 2.24) is 9.78 Å². The molecule has 21 heavy (non-hydrogen) atoms. The molecule has 1 atom stereocenters. The van der Waals surface area contributed by atoms with Gasteiger partial charge in [0.25, 0.3) is 5.56 Å². The van der Waals surface area contributed by atoms with Gasteiger partial charge in [0, 0.05) is 6.04 Å². The number of hydrogen-bond acceptors (Lipinski definition) is 3. The minimum Gasteiger partial charge on any atom is -0.380 e. The number of alkyl halides is 6. The van der Waals surface area contributed by atoms with Crippen LogP contribution in [0.1, 0.15) is 13.3 Å². The molecular formula is C10H10BrF6N3O. The maximum absolute atomic E-state index is 12.2. The topological polar surface area (TPSA) is 46.9 Å². The van der Waals surface area contributed by atoms with E-state index in [0.29, 0.717) is 0 Å². The van der Waals surface area contributed by atoms with Gasteiger partial charge in [-0.1, -0.05) is 0 Å². The zero-order valence-electron chi connectivity index (χ0n) is 10.5. The molecule has 0 aliphatic carbocycles. The average molecular weight is 382 g/mol. The Kier molecular flexibility index (Phi) is 5.29. The highest BCUT2D eigenvalue weighted by Crippen LogP contribution is 2.25. The third-order valence-corrected chi connectivity index (χ3v) is 3.02. The van der Waals surface area contributed by atoms with Crippen molar-refractivity contribution >= 4 is 21.6 Å². The van der Waals surface area contributed by atoms with Gasteiger partial charge in [-0.2, -0.15) is 31.4 Å². The van der Waals surface area contributed by atoms with E-state index < -0.39 is 36.9 Å². The van der Waals surface area contributed by atoms with E-state index in [1.54, 1.807) is 0 Å². The van der Waals surface area contributed by atoms with Crippen LogP contribution in [-0.2, 0) is 6.54 Å². The second-order valence-corrected chi connectivity index (χ2v) is 5.11. The summed E-state index contributed by atoms with van der Waals surface area (Å²) in [5, 5.41) is 5.66. The molecular weight excluding hydrogens is 372 g/mol. The quantitative estimate of drug-likeness (QED) is 0.813. The molecule has 1 rings (SSSR count). The Morgan fingerprint density at radius 2 is 1.86 bits per heavy atom. The van der Waals surface area contributed by atoms with Gasteiger partial charge in [0.15, 0.2) is 0 Å². The van der Waals surface area contributed by atoms with Crippen molar-refractivity contribution in [3.8, 4) is 0 Å². The van der Waals surface area contributed by atoms with Crippen molar-refractivity contribution in [3.05, 3.63) is 21.0 Å². The molecule has 0 fully saturated rings. The van der Waals surface area contributed by atoms with Crippen LogP contribution in [0, 0.1) is 0 Å². The number of nitrogens with one attached hydrogen (secondary N) is 1. The predicted molar refractivity (Wildman–Crippen MR) is 66.0 cm³/mol. The molecule has 0 saturated carbocycles. The smallest absolute Gasteiger partial charge is 0.380 e. The fraction of sp³-hybridized carbons (Fsp3) is 0.600. The third kappa shape index (κ3) is 5.94. The first-order chi connectivity index (χ1) is 9.39. The molecule has 0 amide bonds. The van der Waals surface area contributed by atoms with Crippen molar-refractivity contribution in [1.29, 1.82) is 0 Å². The third-order valence-electron chi connectivity index (χ3n) is 2.25. The molecule has 1 heterocycles. The second-order valence-electron chi connectivity index (χ2n) is 4.31. The SMILES string of the molecule is CC(CC(F)(F)F)Nc1cnn(CC(F)(F)F)c(=O)c1Br. The largest absolute Gasteiger partial charge is 0.408 e. The number of anilines is 1. The Bertz CT molecular complexity index is 553. The van der Waals surface area contributed by atoms with Crippen LogP contribution in [0.2, 0.25) is 0 Å². The maximum atomic E-state index is 12.2. The number of rotatable bonds is 4. The minimum atomic E-state index is -4.63. The molecule has 4 nitrogen and oxygen atoms in total. The number of aromatic nitrogens is 2. The van der Waals surface area contributed by atoms with Gasteiger partial charge in [-0.05, 0) is 22.9 Å². The van der Waals surface area contributed by atoms with Gasteiger partial charge in [0.05, 0.1) is 18.3 Å². The highest BCUT2D eigenvalue weighted by molar-refractivity contribution is 9.10. The van der Waals surface area contributed by atoms with Crippen molar-refractivity contribution in [3.63, 3.8) is 0 Å². The van der Waals surface area contributed by atoms with E-state index in [0.717, 1.165) is 6.20 Å². The maximum Gasteiger partial charge on any atom is 0.408 e. The lowest BCUT2D eigenvalue weighted by atomic mass is 10.2. The van der Waals surface area contributed by atoms with Crippen molar-refractivity contribution in [2.45, 2.75) is 38.3 Å². The highest BCUT2D eigenvalue weighted by atomic mass is 79.9. The van der Waals surface area contributed by atoms with E-state index in [-0.39, 0.29) is 14.8 Å². The van der Waals surface area contributed by atoms with Crippen LogP contribution in [0.4, 0.5) is 32.0 Å². The number of hydrogen-bond donors (Lipinski definition) is 1. The van der Waals surface area contributed by atoms with Crippen LogP contribution in [0.3, 0.4) is 0 Å². The van der Waals surface area contributed by atoms with E-state index in [2.05, 4.69) is 26.3 Å².